The maximum Gasteiger partial charge on any atom is 0.303 e. The van der Waals surface area contributed by atoms with Crippen molar-refractivity contribution in [3.8, 4) is 0 Å². The lowest BCUT2D eigenvalue weighted by molar-refractivity contribution is -0.139. The van der Waals surface area contributed by atoms with Gasteiger partial charge >= 0.3 is 5.97 Å². The van der Waals surface area contributed by atoms with Gasteiger partial charge in [0.2, 0.25) is 0 Å². The summed E-state index contributed by atoms with van der Waals surface area (Å²) in [7, 11) is 0. The van der Waals surface area contributed by atoms with Gasteiger partial charge in [0, 0.05) is 0 Å². The summed E-state index contributed by atoms with van der Waals surface area (Å²) >= 11 is 0. The minimum absolute atomic E-state index is 0.0810. The summed E-state index contributed by atoms with van der Waals surface area (Å²) in [6.07, 6.45) is 4.15. The Kier molecular flexibility index (Phi) is 3.72. The van der Waals surface area contributed by atoms with Crippen molar-refractivity contribution < 1.29 is 15.0 Å². The normalized spacial score (nSPS) is 22.9. The number of carboxylic acids is 1. The fraction of sp³-hybridized carbons (Fsp3) is 0.900. The van der Waals surface area contributed by atoms with E-state index < -0.39 is 12.1 Å². The average Bonchev–Trinajstić information content (AvgIpc) is 2.53. The Morgan fingerprint density at radius 1 is 1.46 bits per heavy atom. The van der Waals surface area contributed by atoms with Crippen LogP contribution in [-0.2, 0) is 4.79 Å². The number of hydrogen-bond acceptors (Lipinski definition) is 2. The molecule has 0 heterocycles. The van der Waals surface area contributed by atoms with Crippen LogP contribution >= 0.6 is 0 Å². The fourth-order valence-corrected chi connectivity index (χ4v) is 2.16. The summed E-state index contributed by atoms with van der Waals surface area (Å²) < 4.78 is 0. The van der Waals surface area contributed by atoms with Gasteiger partial charge in [-0.2, -0.15) is 0 Å². The number of carbonyl (C=O) groups is 1. The lowest BCUT2D eigenvalue weighted by Crippen LogP contribution is -2.27. The Labute approximate surface area is 78.8 Å². The van der Waals surface area contributed by atoms with Gasteiger partial charge in [-0.3, -0.25) is 4.79 Å². The minimum atomic E-state index is -0.815. The van der Waals surface area contributed by atoms with Gasteiger partial charge in [0.25, 0.3) is 0 Å². The third kappa shape index (κ3) is 2.99. The Bertz CT molecular complexity index is 173. The molecule has 0 bridgehead atoms. The second-order valence-corrected chi connectivity index (χ2v) is 4.11. The maximum absolute atomic E-state index is 10.4. The van der Waals surface area contributed by atoms with E-state index in [1.807, 2.05) is 6.92 Å². The van der Waals surface area contributed by atoms with Gasteiger partial charge in [0.15, 0.2) is 0 Å². The van der Waals surface area contributed by atoms with Crippen LogP contribution in [0.2, 0.25) is 0 Å². The van der Waals surface area contributed by atoms with Gasteiger partial charge in [-0.1, -0.05) is 19.8 Å². The standard InChI is InChI=1S/C10H18O3/c1-7(6-9(11)12)10(13)8-4-2-3-5-8/h7-8,10,13H,2-6H2,1H3,(H,11,12). The Morgan fingerprint density at radius 3 is 2.46 bits per heavy atom. The van der Waals surface area contributed by atoms with E-state index in [1.165, 1.54) is 12.8 Å². The first-order valence-corrected chi connectivity index (χ1v) is 5.01. The molecule has 1 saturated carbocycles. The van der Waals surface area contributed by atoms with E-state index in [9.17, 15) is 9.90 Å². The number of aliphatic hydroxyl groups is 1. The first kappa shape index (κ1) is 10.5. The van der Waals surface area contributed by atoms with Crippen LogP contribution in [0.1, 0.15) is 39.0 Å². The van der Waals surface area contributed by atoms with Gasteiger partial charge in [-0.05, 0) is 24.7 Å². The highest BCUT2D eigenvalue weighted by Crippen LogP contribution is 2.31. The summed E-state index contributed by atoms with van der Waals surface area (Å²) in [4.78, 5) is 10.4. The molecule has 0 aromatic carbocycles. The number of aliphatic carboxylic acids is 1. The smallest absolute Gasteiger partial charge is 0.303 e. The summed E-state index contributed by atoms with van der Waals surface area (Å²) in [6, 6.07) is 0. The predicted octanol–water partition coefficient (Wildman–Crippen LogP) is 1.65. The molecule has 1 aliphatic rings. The molecule has 1 aliphatic carbocycles. The molecule has 0 aromatic heterocycles. The molecule has 0 aliphatic heterocycles. The van der Waals surface area contributed by atoms with Crippen LogP contribution in [0.15, 0.2) is 0 Å². The Hall–Kier alpha value is -0.570. The highest BCUT2D eigenvalue weighted by molar-refractivity contribution is 5.67. The second-order valence-electron chi connectivity index (χ2n) is 4.11. The summed E-state index contributed by atoms with van der Waals surface area (Å²) in [5.41, 5.74) is 0. The second kappa shape index (κ2) is 4.61. The molecular formula is C10H18O3. The van der Waals surface area contributed by atoms with Gasteiger partial charge in [0.05, 0.1) is 12.5 Å². The van der Waals surface area contributed by atoms with E-state index in [-0.39, 0.29) is 12.3 Å². The molecule has 2 atom stereocenters. The van der Waals surface area contributed by atoms with Crippen LogP contribution in [0.25, 0.3) is 0 Å². The van der Waals surface area contributed by atoms with Crippen LogP contribution in [0, 0.1) is 11.8 Å². The van der Waals surface area contributed by atoms with Crippen LogP contribution in [0.4, 0.5) is 0 Å². The molecule has 1 rings (SSSR count). The molecule has 1 fully saturated rings. The summed E-state index contributed by atoms with van der Waals surface area (Å²) in [5, 5.41) is 18.4. The highest BCUT2D eigenvalue weighted by Gasteiger charge is 2.28. The molecule has 0 spiro atoms. The van der Waals surface area contributed by atoms with Gasteiger partial charge in [0.1, 0.15) is 0 Å². The van der Waals surface area contributed by atoms with Crippen molar-refractivity contribution in [3.63, 3.8) is 0 Å². The number of aliphatic hydroxyl groups excluding tert-OH is 1. The topological polar surface area (TPSA) is 57.5 Å². The van der Waals surface area contributed by atoms with Crippen LogP contribution < -0.4 is 0 Å². The molecule has 3 nitrogen and oxygen atoms in total. The van der Waals surface area contributed by atoms with E-state index in [1.54, 1.807) is 0 Å². The van der Waals surface area contributed by atoms with Gasteiger partial charge in [-0.25, -0.2) is 0 Å². The zero-order valence-electron chi connectivity index (χ0n) is 8.07. The largest absolute Gasteiger partial charge is 0.481 e. The third-order valence-corrected chi connectivity index (χ3v) is 2.96. The average molecular weight is 186 g/mol. The molecule has 2 unspecified atom stereocenters. The summed E-state index contributed by atoms with van der Waals surface area (Å²) in [5.74, 6) is -0.584. The maximum atomic E-state index is 10.4. The molecule has 0 amide bonds. The lowest BCUT2D eigenvalue weighted by atomic mass is 9.89. The van der Waals surface area contributed by atoms with Crippen LogP contribution in [-0.4, -0.2) is 22.3 Å². The van der Waals surface area contributed by atoms with Crippen molar-refractivity contribution in [1.82, 2.24) is 0 Å². The van der Waals surface area contributed by atoms with Gasteiger partial charge in [-0.15, -0.1) is 0 Å². The van der Waals surface area contributed by atoms with Crippen molar-refractivity contribution >= 4 is 5.97 Å². The molecule has 0 radical (unpaired) electrons. The molecule has 0 aromatic rings. The van der Waals surface area contributed by atoms with Gasteiger partial charge < -0.3 is 10.2 Å². The van der Waals surface area contributed by atoms with Crippen molar-refractivity contribution in [2.24, 2.45) is 11.8 Å². The molecule has 2 N–H and O–H groups in total. The van der Waals surface area contributed by atoms with E-state index in [2.05, 4.69) is 0 Å². The zero-order chi connectivity index (χ0) is 9.84. The van der Waals surface area contributed by atoms with E-state index in [0.29, 0.717) is 5.92 Å². The third-order valence-electron chi connectivity index (χ3n) is 2.96. The van der Waals surface area contributed by atoms with Crippen LogP contribution in [0.5, 0.6) is 0 Å². The molecular weight excluding hydrogens is 168 g/mol. The number of carboxylic acid groups (broad SMARTS) is 1. The first-order valence-electron chi connectivity index (χ1n) is 5.01. The lowest BCUT2D eigenvalue weighted by Gasteiger charge is -2.22. The predicted molar refractivity (Wildman–Crippen MR) is 49.4 cm³/mol. The summed E-state index contributed by atoms with van der Waals surface area (Å²) in [6.45, 7) is 1.82. The van der Waals surface area contributed by atoms with E-state index >= 15 is 0 Å². The van der Waals surface area contributed by atoms with Crippen molar-refractivity contribution in [1.29, 1.82) is 0 Å². The fourth-order valence-electron chi connectivity index (χ4n) is 2.16. The zero-order valence-corrected chi connectivity index (χ0v) is 8.07. The highest BCUT2D eigenvalue weighted by atomic mass is 16.4. The Morgan fingerprint density at radius 2 is 2.00 bits per heavy atom. The SMILES string of the molecule is CC(CC(=O)O)C(O)C1CCCC1. The van der Waals surface area contributed by atoms with E-state index in [4.69, 9.17) is 5.11 Å². The molecule has 76 valence electrons. The molecule has 3 heteroatoms. The Balaban J connectivity index is 2.36. The number of hydrogen-bond donors (Lipinski definition) is 2. The minimum Gasteiger partial charge on any atom is -0.481 e. The van der Waals surface area contributed by atoms with Crippen LogP contribution in [0.3, 0.4) is 0 Å². The first-order chi connectivity index (χ1) is 6.11. The van der Waals surface area contributed by atoms with Crippen molar-refractivity contribution in [2.75, 3.05) is 0 Å². The molecule has 13 heavy (non-hydrogen) atoms. The van der Waals surface area contributed by atoms with E-state index in [0.717, 1.165) is 12.8 Å². The monoisotopic (exact) mass is 186 g/mol. The quantitative estimate of drug-likeness (QED) is 0.701. The molecule has 0 saturated heterocycles. The van der Waals surface area contributed by atoms with Crippen molar-refractivity contribution in [2.45, 2.75) is 45.1 Å². The van der Waals surface area contributed by atoms with Crippen molar-refractivity contribution in [3.05, 3.63) is 0 Å². The number of rotatable bonds is 4.